The van der Waals surface area contributed by atoms with Crippen molar-refractivity contribution in [2.24, 2.45) is 0 Å². The first-order valence-corrected chi connectivity index (χ1v) is 8.73. The normalized spacial score (nSPS) is 10.6. The van der Waals surface area contributed by atoms with Crippen molar-refractivity contribution < 1.29 is 9.59 Å². The van der Waals surface area contributed by atoms with Crippen molar-refractivity contribution in [2.45, 2.75) is 19.3 Å². The van der Waals surface area contributed by atoms with E-state index >= 15 is 0 Å². The Morgan fingerprint density at radius 3 is 2.56 bits per heavy atom. The first kappa shape index (κ1) is 18.6. The number of aromatic nitrogens is 2. The third kappa shape index (κ3) is 4.92. The number of H-pyrrole nitrogens is 1. The van der Waals surface area contributed by atoms with Gasteiger partial charge in [0.05, 0.1) is 10.9 Å². The van der Waals surface area contributed by atoms with Crippen LogP contribution in [-0.2, 0) is 11.2 Å². The predicted molar refractivity (Wildman–Crippen MR) is 102 cm³/mol. The van der Waals surface area contributed by atoms with E-state index in [1.165, 1.54) is 0 Å². The number of hydrazine groups is 1. The van der Waals surface area contributed by atoms with Crippen molar-refractivity contribution in [3.63, 3.8) is 0 Å². The fourth-order valence-corrected chi connectivity index (χ4v) is 2.66. The molecule has 8 heteroatoms. The van der Waals surface area contributed by atoms with Crippen LogP contribution in [0.15, 0.2) is 53.3 Å². The highest BCUT2D eigenvalue weighted by molar-refractivity contribution is 6.30. The second kappa shape index (κ2) is 8.46. The van der Waals surface area contributed by atoms with E-state index in [-0.39, 0.29) is 17.9 Å². The zero-order valence-electron chi connectivity index (χ0n) is 14.3. The number of aromatic amines is 1. The molecule has 0 radical (unpaired) electrons. The van der Waals surface area contributed by atoms with Gasteiger partial charge < -0.3 is 4.98 Å². The van der Waals surface area contributed by atoms with Crippen LogP contribution in [0.1, 0.15) is 29.0 Å². The maximum Gasteiger partial charge on any atom is 0.269 e. The number of benzene rings is 2. The molecule has 0 spiro atoms. The van der Waals surface area contributed by atoms with Crippen molar-refractivity contribution >= 4 is 34.3 Å². The molecule has 0 aliphatic carbocycles. The monoisotopic (exact) mass is 384 g/mol. The van der Waals surface area contributed by atoms with Crippen molar-refractivity contribution in [2.75, 3.05) is 0 Å². The lowest BCUT2D eigenvalue weighted by Crippen LogP contribution is -2.41. The number of amides is 2. The van der Waals surface area contributed by atoms with Gasteiger partial charge in [0.2, 0.25) is 5.91 Å². The summed E-state index contributed by atoms with van der Waals surface area (Å²) < 4.78 is 0. The van der Waals surface area contributed by atoms with E-state index in [1.54, 1.807) is 42.5 Å². The van der Waals surface area contributed by atoms with Crippen LogP contribution in [0.5, 0.6) is 0 Å². The highest BCUT2D eigenvalue weighted by atomic mass is 35.5. The van der Waals surface area contributed by atoms with Crippen molar-refractivity contribution in [3.05, 3.63) is 75.3 Å². The Morgan fingerprint density at radius 2 is 1.78 bits per heavy atom. The lowest BCUT2D eigenvalue weighted by Gasteiger charge is -2.07. The molecule has 3 aromatic rings. The Kier molecular flexibility index (Phi) is 5.83. The lowest BCUT2D eigenvalue weighted by atomic mass is 10.2. The van der Waals surface area contributed by atoms with Crippen LogP contribution in [0.2, 0.25) is 5.02 Å². The van der Waals surface area contributed by atoms with Crippen LogP contribution in [-0.4, -0.2) is 21.8 Å². The molecule has 138 valence electrons. The van der Waals surface area contributed by atoms with Crippen LogP contribution < -0.4 is 16.4 Å². The molecule has 1 aromatic heterocycles. The molecule has 0 aliphatic heterocycles. The third-order valence-corrected chi connectivity index (χ3v) is 4.15. The minimum Gasteiger partial charge on any atom is -0.310 e. The number of fused-ring (bicyclic) bond motifs is 1. The number of hydrogen-bond acceptors (Lipinski definition) is 4. The summed E-state index contributed by atoms with van der Waals surface area (Å²) in [5.74, 6) is -0.238. The Balaban J connectivity index is 1.47. The van der Waals surface area contributed by atoms with E-state index in [1.807, 2.05) is 6.07 Å². The van der Waals surface area contributed by atoms with E-state index in [0.29, 0.717) is 40.2 Å². The maximum atomic E-state index is 12.0. The van der Waals surface area contributed by atoms with Gasteiger partial charge in [-0.2, -0.15) is 0 Å². The average molecular weight is 385 g/mol. The summed E-state index contributed by atoms with van der Waals surface area (Å²) in [5.41, 5.74) is 5.51. The Morgan fingerprint density at radius 1 is 1.04 bits per heavy atom. The van der Waals surface area contributed by atoms with E-state index in [9.17, 15) is 14.4 Å². The first-order valence-electron chi connectivity index (χ1n) is 8.35. The van der Waals surface area contributed by atoms with E-state index < -0.39 is 5.91 Å². The van der Waals surface area contributed by atoms with E-state index in [4.69, 9.17) is 11.6 Å². The molecular weight excluding hydrogens is 368 g/mol. The summed E-state index contributed by atoms with van der Waals surface area (Å²) in [5, 5.41) is 1.06. The fourth-order valence-electron chi connectivity index (χ4n) is 2.53. The SMILES string of the molecule is O=C(CCCc1nc2ccccc2c(=O)[nH]1)NNC(=O)c1ccc(Cl)cc1. The zero-order valence-corrected chi connectivity index (χ0v) is 15.0. The topological polar surface area (TPSA) is 104 Å². The number of nitrogens with zero attached hydrogens (tertiary/aromatic N) is 1. The van der Waals surface area contributed by atoms with Gasteiger partial charge in [0, 0.05) is 23.4 Å². The van der Waals surface area contributed by atoms with Crippen molar-refractivity contribution in [3.8, 4) is 0 Å². The summed E-state index contributed by atoms with van der Waals surface area (Å²) in [6.07, 6.45) is 1.10. The number of hydrogen-bond donors (Lipinski definition) is 3. The minimum atomic E-state index is -0.430. The van der Waals surface area contributed by atoms with Crippen molar-refractivity contribution in [1.29, 1.82) is 0 Å². The maximum absolute atomic E-state index is 12.0. The van der Waals surface area contributed by atoms with Crippen LogP contribution in [0.3, 0.4) is 0 Å². The first-order chi connectivity index (χ1) is 13.0. The molecule has 0 aliphatic rings. The molecule has 3 rings (SSSR count). The Labute approximate surface area is 159 Å². The molecule has 0 atom stereocenters. The molecule has 2 amide bonds. The number of carbonyl (C=O) groups excluding carboxylic acids is 2. The van der Waals surface area contributed by atoms with Gasteiger partial charge in [-0.3, -0.25) is 25.2 Å². The average Bonchev–Trinajstić information content (AvgIpc) is 2.67. The third-order valence-electron chi connectivity index (χ3n) is 3.90. The van der Waals surface area contributed by atoms with Gasteiger partial charge in [0.15, 0.2) is 0 Å². The number of para-hydroxylation sites is 1. The van der Waals surface area contributed by atoms with Gasteiger partial charge >= 0.3 is 0 Å². The molecule has 7 nitrogen and oxygen atoms in total. The largest absolute Gasteiger partial charge is 0.310 e. The Bertz CT molecular complexity index is 1030. The van der Waals surface area contributed by atoms with Crippen LogP contribution in [0.4, 0.5) is 0 Å². The summed E-state index contributed by atoms with van der Waals surface area (Å²) in [6.45, 7) is 0. The van der Waals surface area contributed by atoms with E-state index in [0.717, 1.165) is 0 Å². The molecule has 0 unspecified atom stereocenters. The summed E-state index contributed by atoms with van der Waals surface area (Å²) >= 11 is 5.76. The van der Waals surface area contributed by atoms with Crippen LogP contribution in [0, 0.1) is 0 Å². The summed E-state index contributed by atoms with van der Waals surface area (Å²) in [4.78, 5) is 42.9. The fraction of sp³-hybridized carbons (Fsp3) is 0.158. The van der Waals surface area contributed by atoms with E-state index in [2.05, 4.69) is 20.8 Å². The Hall–Kier alpha value is -3.19. The van der Waals surface area contributed by atoms with Gasteiger partial charge in [-0.1, -0.05) is 23.7 Å². The second-order valence-corrected chi connectivity index (χ2v) is 6.33. The molecular formula is C19H17ClN4O3. The van der Waals surface area contributed by atoms with Crippen LogP contribution in [0.25, 0.3) is 10.9 Å². The molecule has 0 saturated carbocycles. The van der Waals surface area contributed by atoms with Gasteiger partial charge in [0.25, 0.3) is 11.5 Å². The molecule has 0 saturated heterocycles. The predicted octanol–water partition coefficient (Wildman–Crippen LogP) is 2.36. The molecule has 27 heavy (non-hydrogen) atoms. The number of rotatable bonds is 5. The van der Waals surface area contributed by atoms with Crippen LogP contribution >= 0.6 is 11.6 Å². The van der Waals surface area contributed by atoms with Gasteiger partial charge in [-0.25, -0.2) is 4.98 Å². The number of carbonyl (C=O) groups is 2. The minimum absolute atomic E-state index is 0.178. The molecule has 0 fully saturated rings. The molecule has 0 bridgehead atoms. The number of aryl methyl sites for hydroxylation is 1. The van der Waals surface area contributed by atoms with Gasteiger partial charge in [-0.15, -0.1) is 0 Å². The second-order valence-electron chi connectivity index (χ2n) is 5.89. The highest BCUT2D eigenvalue weighted by Gasteiger charge is 2.08. The number of nitrogens with one attached hydrogen (secondary N) is 3. The zero-order chi connectivity index (χ0) is 19.2. The molecule has 1 heterocycles. The molecule has 2 aromatic carbocycles. The smallest absolute Gasteiger partial charge is 0.269 e. The van der Waals surface area contributed by atoms with Crippen molar-refractivity contribution in [1.82, 2.24) is 20.8 Å². The molecule has 3 N–H and O–H groups in total. The number of halogens is 1. The summed E-state index contributed by atoms with van der Waals surface area (Å²) in [6, 6.07) is 13.4. The van der Waals surface area contributed by atoms with Gasteiger partial charge in [0.1, 0.15) is 5.82 Å². The lowest BCUT2D eigenvalue weighted by molar-refractivity contribution is -0.121. The van der Waals surface area contributed by atoms with Gasteiger partial charge in [-0.05, 0) is 42.8 Å². The summed E-state index contributed by atoms with van der Waals surface area (Å²) in [7, 11) is 0. The standard InChI is InChI=1S/C19H17ClN4O3/c20-13-10-8-12(9-11-13)18(26)24-23-17(25)7-3-6-16-21-15-5-2-1-4-14(15)19(27)22-16/h1-2,4-5,8-11H,3,6-7H2,(H,23,25)(H,24,26)(H,21,22,27). The quantitative estimate of drug-likeness (QED) is 0.587. The highest BCUT2D eigenvalue weighted by Crippen LogP contribution is 2.09.